The maximum absolute atomic E-state index is 13.9. The number of fused-ring (bicyclic) bond motifs is 1. The summed E-state index contributed by atoms with van der Waals surface area (Å²) in [6.45, 7) is 6.44. The van der Waals surface area contributed by atoms with Crippen LogP contribution in [0.5, 0.6) is 0 Å². The van der Waals surface area contributed by atoms with Crippen LogP contribution in [0.25, 0.3) is 0 Å². The van der Waals surface area contributed by atoms with Crippen molar-refractivity contribution in [3.8, 4) is 0 Å². The summed E-state index contributed by atoms with van der Waals surface area (Å²) in [4.78, 5) is 37.3. The number of sulfonamides is 1. The van der Waals surface area contributed by atoms with Crippen molar-refractivity contribution in [2.45, 2.75) is 37.2 Å². The average Bonchev–Trinajstić information content (AvgIpc) is 3.72. The van der Waals surface area contributed by atoms with Crippen molar-refractivity contribution >= 4 is 33.1 Å². The molecule has 0 unspecified atom stereocenters. The summed E-state index contributed by atoms with van der Waals surface area (Å²) in [5, 5.41) is 10.1. The molecule has 15 heteroatoms. The number of anilines is 2. The second kappa shape index (κ2) is 11.5. The van der Waals surface area contributed by atoms with E-state index in [1.54, 1.807) is 26.0 Å². The van der Waals surface area contributed by atoms with Gasteiger partial charge in [-0.1, -0.05) is 0 Å². The number of carbonyl (C=O) groups is 2. The number of imidazole rings is 1. The number of aromatic amines is 2. The van der Waals surface area contributed by atoms with Gasteiger partial charge < -0.3 is 20.1 Å². The molecule has 0 atom stereocenters. The topological polar surface area (TPSA) is 147 Å². The quantitative estimate of drug-likeness (QED) is 0.249. The summed E-state index contributed by atoms with van der Waals surface area (Å²) >= 11 is 0. The average molecular weight is 639 g/mol. The Morgan fingerprint density at radius 1 is 1.04 bits per heavy atom. The zero-order valence-corrected chi connectivity index (χ0v) is 25.7. The van der Waals surface area contributed by atoms with Gasteiger partial charge in [0, 0.05) is 61.3 Å². The number of nitrogens with zero attached hydrogens (tertiary/aromatic N) is 5. The Morgan fingerprint density at radius 3 is 2.42 bits per heavy atom. The zero-order valence-electron chi connectivity index (χ0n) is 24.9. The van der Waals surface area contributed by atoms with Gasteiger partial charge in [-0.2, -0.15) is 9.40 Å². The molecule has 0 spiro atoms. The van der Waals surface area contributed by atoms with Crippen LogP contribution in [0, 0.1) is 11.6 Å². The molecule has 0 aliphatic carbocycles. The van der Waals surface area contributed by atoms with Gasteiger partial charge in [-0.15, -0.1) is 0 Å². The van der Waals surface area contributed by atoms with E-state index in [-0.39, 0.29) is 30.0 Å². The molecule has 2 aliphatic heterocycles. The van der Waals surface area contributed by atoms with Gasteiger partial charge in [0.1, 0.15) is 17.3 Å². The molecule has 3 N–H and O–H groups in total. The number of nitrogens with one attached hydrogen (secondary N) is 3. The van der Waals surface area contributed by atoms with Gasteiger partial charge in [-0.05, 0) is 51.2 Å². The van der Waals surface area contributed by atoms with Crippen LogP contribution in [0.3, 0.4) is 0 Å². The number of hydrogen-bond acceptors (Lipinski definition) is 8. The first-order valence-corrected chi connectivity index (χ1v) is 15.7. The molecular formula is C30H32F2N8O4S. The van der Waals surface area contributed by atoms with E-state index in [1.807, 2.05) is 6.07 Å². The molecule has 45 heavy (non-hydrogen) atoms. The van der Waals surface area contributed by atoms with E-state index in [2.05, 4.69) is 42.3 Å². The van der Waals surface area contributed by atoms with E-state index < -0.39 is 38.0 Å². The highest BCUT2D eigenvalue weighted by atomic mass is 32.2. The van der Waals surface area contributed by atoms with Gasteiger partial charge in [0.05, 0.1) is 40.8 Å². The lowest BCUT2D eigenvalue weighted by atomic mass is 9.98. The van der Waals surface area contributed by atoms with Gasteiger partial charge in [0.2, 0.25) is 10.0 Å². The molecule has 6 rings (SSSR count). The predicted octanol–water partition coefficient (Wildman–Crippen LogP) is 3.28. The normalized spacial score (nSPS) is 17.0. The number of rotatable bonds is 8. The van der Waals surface area contributed by atoms with Crippen LogP contribution in [0.2, 0.25) is 0 Å². The number of H-pyrrole nitrogens is 2. The first kappa shape index (κ1) is 30.6. The third kappa shape index (κ3) is 5.74. The highest BCUT2D eigenvalue weighted by molar-refractivity contribution is 7.89. The number of hydrogen-bond donors (Lipinski definition) is 3. The minimum absolute atomic E-state index is 0.159. The van der Waals surface area contributed by atoms with Gasteiger partial charge in [0.25, 0.3) is 5.91 Å². The van der Waals surface area contributed by atoms with E-state index >= 15 is 0 Å². The van der Waals surface area contributed by atoms with Crippen LogP contribution >= 0.6 is 0 Å². The molecule has 0 bridgehead atoms. The fourth-order valence-corrected chi connectivity index (χ4v) is 7.60. The lowest BCUT2D eigenvalue weighted by Crippen LogP contribution is -2.44. The number of likely N-dealkylation sites (N-methyl/N-ethyl adjacent to an activating group) is 1. The molecule has 2 aromatic carbocycles. The molecule has 0 saturated carbocycles. The van der Waals surface area contributed by atoms with Crippen molar-refractivity contribution in [3.05, 3.63) is 88.8 Å². The van der Waals surface area contributed by atoms with E-state index in [1.165, 1.54) is 12.5 Å². The monoisotopic (exact) mass is 638 g/mol. The van der Waals surface area contributed by atoms with E-state index in [4.69, 9.17) is 0 Å². The lowest BCUT2D eigenvalue weighted by Gasteiger charge is -2.34. The van der Waals surface area contributed by atoms with Crippen molar-refractivity contribution < 1.29 is 26.8 Å². The minimum atomic E-state index is -4.34. The Labute approximate surface area is 258 Å². The summed E-state index contributed by atoms with van der Waals surface area (Å²) in [6, 6.07) is 7.44. The Balaban J connectivity index is 1.29. The molecule has 2 aromatic heterocycles. The molecule has 0 radical (unpaired) electrons. The number of Topliss-reactive ketones (excluding diaryl/α,β-unsaturated/α-hetero) is 1. The highest BCUT2D eigenvalue weighted by Gasteiger charge is 2.48. The first-order valence-electron chi connectivity index (χ1n) is 14.3. The second-order valence-electron chi connectivity index (χ2n) is 11.7. The molecule has 4 aromatic rings. The third-order valence-corrected chi connectivity index (χ3v) is 10.4. The summed E-state index contributed by atoms with van der Waals surface area (Å²) in [5.74, 6) is -2.82. The summed E-state index contributed by atoms with van der Waals surface area (Å²) in [7, 11) is -2.28. The van der Waals surface area contributed by atoms with Crippen LogP contribution in [0.1, 0.15) is 51.6 Å². The summed E-state index contributed by atoms with van der Waals surface area (Å²) in [6.07, 6.45) is 2.60. The number of ketones is 1. The summed E-state index contributed by atoms with van der Waals surface area (Å²) in [5.41, 5.74) is 1.81. The van der Waals surface area contributed by atoms with Crippen molar-refractivity contribution in [1.82, 2.24) is 29.4 Å². The Kier molecular flexibility index (Phi) is 7.79. The third-order valence-electron chi connectivity index (χ3n) is 8.38. The van der Waals surface area contributed by atoms with Crippen LogP contribution in [-0.4, -0.2) is 82.7 Å². The molecule has 1 saturated heterocycles. The van der Waals surface area contributed by atoms with E-state index in [0.717, 1.165) is 48.3 Å². The van der Waals surface area contributed by atoms with Gasteiger partial charge in [-0.25, -0.2) is 22.2 Å². The van der Waals surface area contributed by atoms with Crippen molar-refractivity contribution in [1.29, 1.82) is 0 Å². The Bertz CT molecular complexity index is 1860. The van der Waals surface area contributed by atoms with Gasteiger partial charge in [-0.3, -0.25) is 14.7 Å². The van der Waals surface area contributed by atoms with Crippen LogP contribution in [0.15, 0.2) is 53.8 Å². The van der Waals surface area contributed by atoms with Gasteiger partial charge >= 0.3 is 0 Å². The molecule has 12 nitrogen and oxygen atoms in total. The predicted molar refractivity (Wildman–Crippen MR) is 161 cm³/mol. The molecule has 2 aliphatic rings. The molecule has 1 amide bonds. The first-order chi connectivity index (χ1) is 21.3. The second-order valence-corrected chi connectivity index (χ2v) is 13.6. The van der Waals surface area contributed by atoms with E-state index in [0.29, 0.717) is 28.7 Å². The Hall–Kier alpha value is -4.47. The molecule has 1 fully saturated rings. The number of amides is 1. The Morgan fingerprint density at radius 2 is 1.76 bits per heavy atom. The maximum atomic E-state index is 13.9. The SMILES string of the molecule is CN1CCN(c2ccc(C(=O)Cc3[nH]nc4c3CN(S(=O)(=O)c3cc(F)cc(F)c3)C4(C)C)c(NC(=O)c3cnc[nH]3)c2)CC1. The lowest BCUT2D eigenvalue weighted by molar-refractivity contribution is 0.0992. The van der Waals surface area contributed by atoms with Crippen molar-refractivity contribution in [2.24, 2.45) is 0 Å². The molecule has 4 heterocycles. The van der Waals surface area contributed by atoms with E-state index in [9.17, 15) is 26.8 Å². The fourth-order valence-electron chi connectivity index (χ4n) is 5.84. The maximum Gasteiger partial charge on any atom is 0.273 e. The zero-order chi connectivity index (χ0) is 32.1. The van der Waals surface area contributed by atoms with Crippen molar-refractivity contribution in [2.75, 3.05) is 43.4 Å². The van der Waals surface area contributed by atoms with Crippen LogP contribution < -0.4 is 10.2 Å². The highest BCUT2D eigenvalue weighted by Crippen LogP contribution is 2.43. The van der Waals surface area contributed by atoms with Crippen LogP contribution in [-0.2, 0) is 28.5 Å². The largest absolute Gasteiger partial charge is 0.369 e. The standard InChI is InChI=1S/C30H32F2N8O4S/c1-30(2)28-23(16-40(30)45(43,44)21-11-18(31)10-19(32)12-21)25(36-37-28)14-27(41)22-5-4-20(39-8-6-38(3)7-9-39)13-24(22)35-29(42)26-15-33-17-34-26/h4-5,10-13,15,17H,6-9,14,16H2,1-3H3,(H,33,34)(H,35,42)(H,36,37). The minimum Gasteiger partial charge on any atom is -0.369 e. The number of carbonyl (C=O) groups excluding carboxylic acids is 2. The van der Waals surface area contributed by atoms with Gasteiger partial charge in [0.15, 0.2) is 5.78 Å². The fraction of sp³-hybridized carbons (Fsp3) is 0.333. The van der Waals surface area contributed by atoms with Crippen molar-refractivity contribution in [3.63, 3.8) is 0 Å². The summed E-state index contributed by atoms with van der Waals surface area (Å²) < 4.78 is 56.1. The number of piperazine rings is 1. The number of aromatic nitrogens is 4. The number of benzene rings is 2. The molecule has 236 valence electrons. The molecular weight excluding hydrogens is 606 g/mol. The van der Waals surface area contributed by atoms with Crippen LogP contribution in [0.4, 0.5) is 20.2 Å². The number of halogens is 2. The smallest absolute Gasteiger partial charge is 0.273 e.